The van der Waals surface area contributed by atoms with Crippen molar-refractivity contribution in [1.29, 1.82) is 0 Å². The van der Waals surface area contributed by atoms with Gasteiger partial charge in [-0.2, -0.15) is 5.10 Å². The van der Waals surface area contributed by atoms with Crippen molar-refractivity contribution < 1.29 is 4.39 Å². The van der Waals surface area contributed by atoms with Gasteiger partial charge in [0, 0.05) is 6.54 Å². The number of nitrogens with one attached hydrogen (secondary N) is 1. The van der Waals surface area contributed by atoms with Gasteiger partial charge in [-0.05, 0) is 25.7 Å². The summed E-state index contributed by atoms with van der Waals surface area (Å²) in [5, 5.41) is 6.78. The molecule has 1 fully saturated rings. The van der Waals surface area contributed by atoms with Crippen molar-refractivity contribution in [2.24, 2.45) is 0 Å². The lowest BCUT2D eigenvalue weighted by Gasteiger charge is -2.35. The summed E-state index contributed by atoms with van der Waals surface area (Å²) in [5.41, 5.74) is 0.455. The fourth-order valence-electron chi connectivity index (χ4n) is 2.69. The predicted octanol–water partition coefficient (Wildman–Crippen LogP) is 2.03. The van der Waals surface area contributed by atoms with Gasteiger partial charge in [0.1, 0.15) is 18.5 Å². The first kappa shape index (κ1) is 13.0. The summed E-state index contributed by atoms with van der Waals surface area (Å²) >= 11 is 0. The van der Waals surface area contributed by atoms with Crippen LogP contribution in [0.2, 0.25) is 0 Å². The van der Waals surface area contributed by atoms with Gasteiger partial charge in [0.05, 0.1) is 11.7 Å². The van der Waals surface area contributed by atoms with Crippen LogP contribution in [-0.4, -0.2) is 31.7 Å². The van der Waals surface area contributed by atoms with Crippen LogP contribution in [0.15, 0.2) is 12.7 Å². The van der Waals surface area contributed by atoms with Crippen molar-refractivity contribution in [2.75, 3.05) is 11.4 Å². The maximum absolute atomic E-state index is 14.5. The van der Waals surface area contributed by atoms with Crippen molar-refractivity contribution in [3.63, 3.8) is 0 Å². The highest BCUT2D eigenvalue weighted by Gasteiger charge is 2.29. The molecule has 3 heterocycles. The van der Waals surface area contributed by atoms with Crippen molar-refractivity contribution in [2.45, 2.75) is 38.6 Å². The Bertz CT molecular complexity index is 570. The normalized spacial score (nSPS) is 19.3. The number of anilines is 1. The molecule has 1 N–H and O–H groups in total. The fraction of sp³-hybridized carbons (Fsp3) is 0.538. The number of aryl methyl sites for hydroxylation is 1. The first-order valence-electron chi connectivity index (χ1n) is 6.92. The minimum Gasteiger partial charge on any atom is -0.344 e. The number of hydrogen-bond acceptors (Lipinski definition) is 5. The van der Waals surface area contributed by atoms with E-state index in [0.29, 0.717) is 17.9 Å². The van der Waals surface area contributed by atoms with E-state index < -0.39 is 0 Å². The van der Waals surface area contributed by atoms with Crippen LogP contribution in [0.3, 0.4) is 0 Å². The standard InChI is InChI=1S/C13H17FN6/c1-2-9-11(14)13(17-7-15-9)20-6-4-3-5-10(20)12-16-8-18-19-12/h7-8,10H,2-6H2,1H3,(H,16,18,19)/t10-/m0/s1. The van der Waals surface area contributed by atoms with Gasteiger partial charge in [0.15, 0.2) is 11.6 Å². The van der Waals surface area contributed by atoms with Gasteiger partial charge in [-0.15, -0.1) is 0 Å². The average Bonchev–Trinajstić information content (AvgIpc) is 3.02. The second-order valence-electron chi connectivity index (χ2n) is 4.89. The van der Waals surface area contributed by atoms with Crippen LogP contribution in [0.5, 0.6) is 0 Å². The van der Waals surface area contributed by atoms with Gasteiger partial charge in [-0.25, -0.2) is 19.3 Å². The Hall–Kier alpha value is -2.05. The Balaban J connectivity index is 1.98. The third-order valence-corrected chi connectivity index (χ3v) is 3.70. The molecule has 0 spiro atoms. The Morgan fingerprint density at radius 3 is 2.95 bits per heavy atom. The minimum absolute atomic E-state index is 0.000330. The lowest BCUT2D eigenvalue weighted by atomic mass is 10.0. The summed E-state index contributed by atoms with van der Waals surface area (Å²) in [7, 11) is 0. The number of piperidine rings is 1. The number of aromatic nitrogens is 5. The second-order valence-corrected chi connectivity index (χ2v) is 4.89. The van der Waals surface area contributed by atoms with Crippen LogP contribution in [0.25, 0.3) is 0 Å². The average molecular weight is 276 g/mol. The zero-order valence-corrected chi connectivity index (χ0v) is 11.4. The van der Waals surface area contributed by atoms with Gasteiger partial charge in [-0.1, -0.05) is 6.92 Å². The van der Waals surface area contributed by atoms with Crippen LogP contribution in [0.4, 0.5) is 10.2 Å². The molecule has 1 aliphatic heterocycles. The van der Waals surface area contributed by atoms with E-state index in [1.54, 1.807) is 0 Å². The van der Waals surface area contributed by atoms with Crippen molar-refractivity contribution in [3.8, 4) is 0 Å². The van der Waals surface area contributed by atoms with Crippen molar-refractivity contribution in [1.82, 2.24) is 25.1 Å². The van der Waals surface area contributed by atoms with E-state index in [1.807, 2.05) is 11.8 Å². The Kier molecular flexibility index (Phi) is 3.58. The molecule has 1 aliphatic rings. The van der Waals surface area contributed by atoms with Crippen molar-refractivity contribution >= 4 is 5.82 Å². The van der Waals surface area contributed by atoms with Gasteiger partial charge in [0.25, 0.3) is 0 Å². The third-order valence-electron chi connectivity index (χ3n) is 3.70. The second kappa shape index (κ2) is 5.52. The third kappa shape index (κ3) is 2.23. The molecule has 0 bridgehead atoms. The molecule has 2 aromatic rings. The molecule has 0 unspecified atom stereocenters. The van der Waals surface area contributed by atoms with E-state index in [2.05, 4.69) is 25.1 Å². The first-order chi connectivity index (χ1) is 9.81. The molecule has 7 heteroatoms. The van der Waals surface area contributed by atoms with Crippen LogP contribution >= 0.6 is 0 Å². The molecule has 0 aliphatic carbocycles. The van der Waals surface area contributed by atoms with E-state index in [1.165, 1.54) is 12.7 Å². The number of nitrogens with zero attached hydrogens (tertiary/aromatic N) is 5. The van der Waals surface area contributed by atoms with Crippen LogP contribution < -0.4 is 4.90 Å². The fourth-order valence-corrected chi connectivity index (χ4v) is 2.69. The highest BCUT2D eigenvalue weighted by Crippen LogP contribution is 2.33. The molecule has 0 saturated carbocycles. The SMILES string of the molecule is CCc1ncnc(N2CCCC[C@H]2c2ncn[nH]2)c1F. The van der Waals surface area contributed by atoms with Gasteiger partial charge in [-0.3, -0.25) is 5.10 Å². The lowest BCUT2D eigenvalue weighted by Crippen LogP contribution is -2.35. The molecular formula is C13H17FN6. The summed E-state index contributed by atoms with van der Waals surface area (Å²) in [5.74, 6) is 0.820. The van der Waals surface area contributed by atoms with E-state index in [4.69, 9.17) is 0 Å². The van der Waals surface area contributed by atoms with Gasteiger partial charge < -0.3 is 4.90 Å². The van der Waals surface area contributed by atoms with Gasteiger partial charge >= 0.3 is 0 Å². The van der Waals surface area contributed by atoms with Gasteiger partial charge in [0.2, 0.25) is 0 Å². The summed E-state index contributed by atoms with van der Waals surface area (Å²) in [4.78, 5) is 14.3. The molecule has 0 amide bonds. The summed E-state index contributed by atoms with van der Waals surface area (Å²) < 4.78 is 14.5. The van der Waals surface area contributed by atoms with Crippen LogP contribution in [-0.2, 0) is 6.42 Å². The van der Waals surface area contributed by atoms with E-state index >= 15 is 0 Å². The Morgan fingerprint density at radius 2 is 2.20 bits per heavy atom. The Morgan fingerprint density at radius 1 is 1.30 bits per heavy atom. The maximum atomic E-state index is 14.5. The highest BCUT2D eigenvalue weighted by molar-refractivity contribution is 5.43. The van der Waals surface area contributed by atoms with Crippen LogP contribution in [0.1, 0.15) is 43.7 Å². The largest absolute Gasteiger partial charge is 0.344 e. The van der Waals surface area contributed by atoms with E-state index in [-0.39, 0.29) is 11.9 Å². The van der Waals surface area contributed by atoms with Crippen LogP contribution in [0, 0.1) is 5.82 Å². The molecule has 1 atom stereocenters. The highest BCUT2D eigenvalue weighted by atomic mass is 19.1. The molecule has 1 saturated heterocycles. The molecule has 3 rings (SSSR count). The zero-order valence-electron chi connectivity index (χ0n) is 11.4. The molecule has 6 nitrogen and oxygen atoms in total. The number of rotatable bonds is 3. The number of H-pyrrole nitrogens is 1. The molecule has 106 valence electrons. The lowest BCUT2D eigenvalue weighted by molar-refractivity contribution is 0.443. The number of halogens is 1. The maximum Gasteiger partial charge on any atom is 0.187 e. The van der Waals surface area contributed by atoms with E-state index in [0.717, 1.165) is 31.6 Å². The van der Waals surface area contributed by atoms with E-state index in [9.17, 15) is 4.39 Å². The molecule has 0 radical (unpaired) electrons. The predicted molar refractivity (Wildman–Crippen MR) is 71.7 cm³/mol. The molecular weight excluding hydrogens is 259 g/mol. The molecule has 20 heavy (non-hydrogen) atoms. The zero-order chi connectivity index (χ0) is 13.9. The summed E-state index contributed by atoms with van der Waals surface area (Å²) in [6, 6.07) is 0.000330. The first-order valence-corrected chi connectivity index (χ1v) is 6.92. The number of hydrogen-bond donors (Lipinski definition) is 1. The molecule has 2 aromatic heterocycles. The summed E-state index contributed by atoms with van der Waals surface area (Å²) in [6.45, 7) is 2.65. The van der Waals surface area contributed by atoms with Crippen molar-refractivity contribution in [3.05, 3.63) is 30.0 Å². The Labute approximate surface area is 116 Å². The smallest absolute Gasteiger partial charge is 0.187 e. The monoisotopic (exact) mass is 276 g/mol. The minimum atomic E-state index is -0.318. The quantitative estimate of drug-likeness (QED) is 0.928. The number of aromatic amines is 1. The molecule has 0 aromatic carbocycles. The topological polar surface area (TPSA) is 70.6 Å². The summed E-state index contributed by atoms with van der Waals surface area (Å²) in [6.07, 6.45) is 6.51.